The van der Waals surface area contributed by atoms with Gasteiger partial charge in [0.1, 0.15) is 11.4 Å². The molecule has 0 aromatic carbocycles. The molecule has 2 aliphatic rings. The van der Waals surface area contributed by atoms with Crippen LogP contribution in [0.4, 0.5) is 0 Å². The van der Waals surface area contributed by atoms with E-state index in [9.17, 15) is 4.79 Å². The van der Waals surface area contributed by atoms with Crippen molar-refractivity contribution in [2.45, 2.75) is 37.6 Å². The van der Waals surface area contributed by atoms with Gasteiger partial charge in [0.2, 0.25) is 0 Å². The number of likely N-dealkylation sites (N-methyl/N-ethyl adjacent to an activating group) is 1. The zero-order valence-electron chi connectivity index (χ0n) is 14.4. The van der Waals surface area contributed by atoms with Gasteiger partial charge in [-0.3, -0.25) is 14.7 Å². The smallest absolute Gasteiger partial charge is 0.250 e. The van der Waals surface area contributed by atoms with Gasteiger partial charge in [-0.25, -0.2) is 4.98 Å². The van der Waals surface area contributed by atoms with Gasteiger partial charge in [0.15, 0.2) is 6.10 Å². The van der Waals surface area contributed by atoms with Crippen LogP contribution < -0.4 is 5.32 Å². The van der Waals surface area contributed by atoms with Crippen molar-refractivity contribution >= 4 is 5.91 Å². The summed E-state index contributed by atoms with van der Waals surface area (Å²) in [7, 11) is 1.65. The molecule has 2 aromatic heterocycles. The van der Waals surface area contributed by atoms with Gasteiger partial charge in [-0.1, -0.05) is 6.07 Å². The van der Waals surface area contributed by atoms with Crippen LogP contribution in [-0.4, -0.2) is 51.6 Å². The molecule has 4 rings (SSSR count). The van der Waals surface area contributed by atoms with E-state index in [0.717, 1.165) is 38.3 Å². The lowest BCUT2D eigenvalue weighted by Gasteiger charge is -2.45. The third-order valence-corrected chi connectivity index (χ3v) is 5.18. The predicted molar refractivity (Wildman–Crippen MR) is 91.6 cm³/mol. The van der Waals surface area contributed by atoms with Gasteiger partial charge in [0.25, 0.3) is 5.91 Å². The number of aromatic nitrogens is 3. The standard InChI is InChI=1S/C18H23N5O2/c1-19-16(24)15-13-23-10-7-21-17(23)18(25-15)4-8-22(9-5-18)12-14-3-2-6-20-11-14/h2-3,6-7,10-11,15H,4-5,8-9,12-13H2,1H3,(H,19,24)/t15-/m1/s1. The Hall–Kier alpha value is -2.25. The third kappa shape index (κ3) is 3.05. The number of rotatable bonds is 3. The van der Waals surface area contributed by atoms with E-state index in [2.05, 4.69) is 30.8 Å². The maximum atomic E-state index is 12.1. The molecule has 0 bridgehead atoms. The van der Waals surface area contributed by atoms with Crippen LogP contribution in [0.25, 0.3) is 0 Å². The minimum Gasteiger partial charge on any atom is -0.357 e. The summed E-state index contributed by atoms with van der Waals surface area (Å²) in [6, 6.07) is 4.07. The minimum absolute atomic E-state index is 0.0727. The fourth-order valence-electron chi connectivity index (χ4n) is 3.86. The Bertz CT molecular complexity index is 737. The molecule has 4 heterocycles. The van der Waals surface area contributed by atoms with Gasteiger partial charge in [0.05, 0.1) is 6.54 Å². The van der Waals surface area contributed by atoms with Crippen LogP contribution >= 0.6 is 0 Å². The summed E-state index contributed by atoms with van der Waals surface area (Å²) in [5.41, 5.74) is 0.748. The van der Waals surface area contributed by atoms with E-state index in [1.54, 1.807) is 19.4 Å². The Morgan fingerprint density at radius 1 is 1.40 bits per heavy atom. The molecule has 7 nitrogen and oxygen atoms in total. The highest BCUT2D eigenvalue weighted by atomic mass is 16.5. The molecule has 1 fully saturated rings. The van der Waals surface area contributed by atoms with Gasteiger partial charge in [-0.2, -0.15) is 0 Å². The zero-order chi connectivity index (χ0) is 17.3. The number of hydrogen-bond donors (Lipinski definition) is 1. The number of piperidine rings is 1. The number of fused-ring (bicyclic) bond motifs is 2. The quantitative estimate of drug-likeness (QED) is 0.899. The highest BCUT2D eigenvalue weighted by molar-refractivity contribution is 5.80. The molecule has 1 spiro atoms. The normalized spacial score (nSPS) is 22.5. The molecule has 0 unspecified atom stereocenters. The number of amides is 1. The van der Waals surface area contributed by atoms with E-state index in [-0.39, 0.29) is 5.91 Å². The van der Waals surface area contributed by atoms with Crippen LogP contribution in [0.5, 0.6) is 0 Å². The van der Waals surface area contributed by atoms with Crippen LogP contribution in [0.15, 0.2) is 36.9 Å². The second-order valence-electron chi connectivity index (χ2n) is 6.76. The average Bonchev–Trinajstić information content (AvgIpc) is 3.13. The second kappa shape index (κ2) is 6.57. The fraction of sp³-hybridized carbons (Fsp3) is 0.500. The van der Waals surface area contributed by atoms with Gasteiger partial charge in [0, 0.05) is 51.5 Å². The summed E-state index contributed by atoms with van der Waals surface area (Å²) in [4.78, 5) is 23.3. The molecule has 2 aliphatic heterocycles. The average molecular weight is 341 g/mol. The molecule has 25 heavy (non-hydrogen) atoms. The predicted octanol–water partition coefficient (Wildman–Crippen LogP) is 0.914. The van der Waals surface area contributed by atoms with Crippen molar-refractivity contribution in [3.05, 3.63) is 48.3 Å². The molecular formula is C18H23N5O2. The first-order chi connectivity index (χ1) is 12.2. The number of pyridine rings is 1. The van der Waals surface area contributed by atoms with E-state index in [4.69, 9.17) is 4.74 Å². The van der Waals surface area contributed by atoms with Crippen molar-refractivity contribution in [3.8, 4) is 0 Å². The molecule has 1 N–H and O–H groups in total. The Morgan fingerprint density at radius 2 is 2.24 bits per heavy atom. The van der Waals surface area contributed by atoms with E-state index >= 15 is 0 Å². The number of hydrogen-bond acceptors (Lipinski definition) is 5. The summed E-state index contributed by atoms with van der Waals surface area (Å²) in [5, 5.41) is 2.71. The Kier molecular flexibility index (Phi) is 4.27. The number of carbonyl (C=O) groups is 1. The number of likely N-dealkylation sites (tertiary alicyclic amines) is 1. The summed E-state index contributed by atoms with van der Waals surface area (Å²) in [5.74, 6) is 0.880. The SMILES string of the molecule is CNC(=O)[C@H]1Cn2ccnc2C2(CCN(Cc3cccnc3)CC2)O1. The van der Waals surface area contributed by atoms with Gasteiger partial charge < -0.3 is 14.6 Å². The fourth-order valence-corrected chi connectivity index (χ4v) is 3.86. The highest BCUT2D eigenvalue weighted by Gasteiger charge is 2.46. The molecule has 1 atom stereocenters. The van der Waals surface area contributed by atoms with Crippen molar-refractivity contribution in [3.63, 3.8) is 0 Å². The Balaban J connectivity index is 1.50. The van der Waals surface area contributed by atoms with Gasteiger partial charge >= 0.3 is 0 Å². The first kappa shape index (κ1) is 16.2. The van der Waals surface area contributed by atoms with Crippen LogP contribution in [-0.2, 0) is 28.2 Å². The number of carbonyl (C=O) groups excluding carboxylic acids is 1. The van der Waals surface area contributed by atoms with Crippen molar-refractivity contribution in [1.29, 1.82) is 0 Å². The molecule has 0 saturated carbocycles. The molecular weight excluding hydrogens is 318 g/mol. The van der Waals surface area contributed by atoms with E-state index < -0.39 is 11.7 Å². The minimum atomic E-state index is -0.468. The molecule has 7 heteroatoms. The summed E-state index contributed by atoms with van der Waals surface area (Å²) < 4.78 is 8.39. The first-order valence-electron chi connectivity index (χ1n) is 8.72. The maximum absolute atomic E-state index is 12.1. The summed E-state index contributed by atoms with van der Waals surface area (Å²) >= 11 is 0. The van der Waals surface area contributed by atoms with E-state index in [0.29, 0.717) is 6.54 Å². The lowest BCUT2D eigenvalue weighted by atomic mass is 9.88. The van der Waals surface area contributed by atoms with Crippen LogP contribution in [0.1, 0.15) is 24.2 Å². The maximum Gasteiger partial charge on any atom is 0.250 e. The van der Waals surface area contributed by atoms with Gasteiger partial charge in [-0.05, 0) is 24.5 Å². The van der Waals surface area contributed by atoms with Crippen LogP contribution in [0.2, 0.25) is 0 Å². The van der Waals surface area contributed by atoms with E-state index in [1.165, 1.54) is 5.56 Å². The van der Waals surface area contributed by atoms with Crippen molar-refractivity contribution in [2.24, 2.45) is 0 Å². The first-order valence-corrected chi connectivity index (χ1v) is 8.72. The van der Waals surface area contributed by atoms with Crippen LogP contribution in [0.3, 0.4) is 0 Å². The Labute approximate surface area is 147 Å². The highest BCUT2D eigenvalue weighted by Crippen LogP contribution is 2.40. The summed E-state index contributed by atoms with van der Waals surface area (Å²) in [6.07, 6.45) is 8.65. The van der Waals surface area contributed by atoms with Crippen molar-refractivity contribution in [2.75, 3.05) is 20.1 Å². The summed E-state index contributed by atoms with van der Waals surface area (Å²) in [6.45, 7) is 3.22. The lowest BCUT2D eigenvalue weighted by molar-refractivity contribution is -0.173. The lowest BCUT2D eigenvalue weighted by Crippen LogP contribution is -2.53. The molecule has 0 aliphatic carbocycles. The van der Waals surface area contributed by atoms with Crippen LogP contribution in [0, 0.1) is 0 Å². The monoisotopic (exact) mass is 341 g/mol. The molecule has 132 valence electrons. The molecule has 1 amide bonds. The van der Waals surface area contributed by atoms with E-state index in [1.807, 2.05) is 18.5 Å². The van der Waals surface area contributed by atoms with Crippen molar-refractivity contribution < 1.29 is 9.53 Å². The molecule has 0 radical (unpaired) electrons. The third-order valence-electron chi connectivity index (χ3n) is 5.18. The number of imidazole rings is 1. The number of nitrogens with one attached hydrogen (secondary N) is 1. The largest absolute Gasteiger partial charge is 0.357 e. The zero-order valence-corrected chi connectivity index (χ0v) is 14.4. The van der Waals surface area contributed by atoms with Gasteiger partial charge in [-0.15, -0.1) is 0 Å². The Morgan fingerprint density at radius 3 is 2.96 bits per heavy atom. The van der Waals surface area contributed by atoms with Crippen molar-refractivity contribution in [1.82, 2.24) is 24.8 Å². The molecule has 2 aromatic rings. The number of ether oxygens (including phenoxy) is 1. The second-order valence-corrected chi connectivity index (χ2v) is 6.76. The topological polar surface area (TPSA) is 72.3 Å². The molecule has 1 saturated heterocycles. The number of nitrogens with zero attached hydrogens (tertiary/aromatic N) is 4.